The highest BCUT2D eigenvalue weighted by Crippen LogP contribution is 2.33. The third-order valence-corrected chi connectivity index (χ3v) is 5.28. The number of halogens is 2. The van der Waals surface area contributed by atoms with Gasteiger partial charge in [-0.05, 0) is 30.5 Å². The van der Waals surface area contributed by atoms with E-state index in [1.54, 1.807) is 25.6 Å². The maximum atomic E-state index is 13.6. The van der Waals surface area contributed by atoms with Gasteiger partial charge >= 0.3 is 0 Å². The van der Waals surface area contributed by atoms with Crippen LogP contribution in [0.2, 0.25) is 0 Å². The number of hydrogen-bond acceptors (Lipinski definition) is 6. The molecule has 2 aromatic rings. The zero-order valence-corrected chi connectivity index (χ0v) is 16.0. The van der Waals surface area contributed by atoms with Gasteiger partial charge in [-0.15, -0.1) is 0 Å². The standard InChI is InChI=1S/C20H21F2N5O2/c1-29-18-3-6-23-20(25-18)26-8-4-13(5-9-26)19(28)27-17(2-7-24-27)14-10-15(21)12-16(22)11-14/h3,6-7,10-13,17H,2,4-5,8-9H2,1H3. The number of carbonyl (C=O) groups is 1. The van der Waals surface area contributed by atoms with Crippen LogP contribution in [0.15, 0.2) is 35.6 Å². The highest BCUT2D eigenvalue weighted by Gasteiger charge is 2.35. The lowest BCUT2D eigenvalue weighted by atomic mass is 9.94. The van der Waals surface area contributed by atoms with Crippen molar-refractivity contribution in [2.24, 2.45) is 11.0 Å². The van der Waals surface area contributed by atoms with Crippen molar-refractivity contribution in [1.82, 2.24) is 15.0 Å². The summed E-state index contributed by atoms with van der Waals surface area (Å²) in [7, 11) is 1.55. The smallest absolute Gasteiger partial charge is 0.246 e. The predicted molar refractivity (Wildman–Crippen MR) is 103 cm³/mol. The summed E-state index contributed by atoms with van der Waals surface area (Å²) in [5.74, 6) is -0.600. The van der Waals surface area contributed by atoms with Gasteiger partial charge in [-0.25, -0.2) is 18.8 Å². The zero-order chi connectivity index (χ0) is 20.4. The van der Waals surface area contributed by atoms with Crippen molar-refractivity contribution in [3.8, 4) is 5.88 Å². The SMILES string of the molecule is COc1ccnc(N2CCC(C(=O)N3N=CCC3c3cc(F)cc(F)c3)CC2)n1. The van der Waals surface area contributed by atoms with Crippen molar-refractivity contribution < 1.29 is 18.3 Å². The monoisotopic (exact) mass is 401 g/mol. The minimum atomic E-state index is -0.661. The van der Waals surface area contributed by atoms with Crippen LogP contribution in [-0.4, -0.2) is 47.3 Å². The van der Waals surface area contributed by atoms with E-state index < -0.39 is 17.7 Å². The fourth-order valence-corrected chi connectivity index (χ4v) is 3.78. The molecular weight excluding hydrogens is 380 g/mol. The second-order valence-corrected chi connectivity index (χ2v) is 7.10. The van der Waals surface area contributed by atoms with E-state index >= 15 is 0 Å². The molecular formula is C20H21F2N5O2. The molecule has 1 amide bonds. The highest BCUT2D eigenvalue weighted by molar-refractivity contribution is 5.82. The van der Waals surface area contributed by atoms with Gasteiger partial charge in [-0.2, -0.15) is 10.1 Å². The first-order chi connectivity index (χ1) is 14.0. The molecule has 3 heterocycles. The number of rotatable bonds is 4. The van der Waals surface area contributed by atoms with Crippen LogP contribution in [0, 0.1) is 17.6 Å². The van der Waals surface area contributed by atoms with Gasteiger partial charge in [0.2, 0.25) is 17.7 Å². The van der Waals surface area contributed by atoms with Crippen LogP contribution in [0.4, 0.5) is 14.7 Å². The van der Waals surface area contributed by atoms with E-state index in [1.165, 1.54) is 17.1 Å². The van der Waals surface area contributed by atoms with Crippen LogP contribution < -0.4 is 9.64 Å². The van der Waals surface area contributed by atoms with Gasteiger partial charge in [0.25, 0.3) is 0 Å². The molecule has 1 atom stereocenters. The number of aromatic nitrogens is 2. The highest BCUT2D eigenvalue weighted by atomic mass is 19.1. The molecule has 4 rings (SSSR count). The lowest BCUT2D eigenvalue weighted by Gasteiger charge is -2.33. The fraction of sp³-hybridized carbons (Fsp3) is 0.400. The molecule has 7 nitrogen and oxygen atoms in total. The molecule has 0 saturated carbocycles. The van der Waals surface area contributed by atoms with Gasteiger partial charge in [0.15, 0.2) is 0 Å². The largest absolute Gasteiger partial charge is 0.481 e. The Morgan fingerprint density at radius 3 is 2.59 bits per heavy atom. The van der Waals surface area contributed by atoms with Crippen molar-refractivity contribution >= 4 is 18.1 Å². The number of amides is 1. The van der Waals surface area contributed by atoms with E-state index in [0.29, 0.717) is 49.7 Å². The Morgan fingerprint density at radius 2 is 1.90 bits per heavy atom. The summed E-state index contributed by atoms with van der Waals surface area (Å²) in [4.78, 5) is 23.7. The maximum Gasteiger partial charge on any atom is 0.246 e. The number of piperidine rings is 1. The summed E-state index contributed by atoms with van der Waals surface area (Å²) in [6.45, 7) is 1.25. The van der Waals surface area contributed by atoms with E-state index in [-0.39, 0.29) is 11.8 Å². The molecule has 0 N–H and O–H groups in total. The molecule has 1 unspecified atom stereocenters. The van der Waals surface area contributed by atoms with Crippen molar-refractivity contribution in [1.29, 1.82) is 0 Å². The maximum absolute atomic E-state index is 13.6. The van der Waals surface area contributed by atoms with Gasteiger partial charge in [-0.1, -0.05) is 0 Å². The Kier molecular flexibility index (Phi) is 5.37. The fourth-order valence-electron chi connectivity index (χ4n) is 3.78. The van der Waals surface area contributed by atoms with Crippen LogP contribution in [0.5, 0.6) is 5.88 Å². The summed E-state index contributed by atoms with van der Waals surface area (Å²) in [6.07, 6.45) is 4.93. The van der Waals surface area contributed by atoms with Gasteiger partial charge in [-0.3, -0.25) is 4.79 Å². The van der Waals surface area contributed by atoms with Gasteiger partial charge < -0.3 is 9.64 Å². The number of hydrogen-bond donors (Lipinski definition) is 0. The number of hydrazone groups is 1. The number of anilines is 1. The first kappa shape index (κ1) is 19.2. The van der Waals surface area contributed by atoms with E-state index in [1.807, 2.05) is 4.90 Å². The molecule has 1 aromatic carbocycles. The minimum Gasteiger partial charge on any atom is -0.481 e. The Morgan fingerprint density at radius 1 is 1.17 bits per heavy atom. The summed E-state index contributed by atoms with van der Waals surface area (Å²) in [5, 5.41) is 5.56. The molecule has 0 bridgehead atoms. The molecule has 1 saturated heterocycles. The molecule has 9 heteroatoms. The first-order valence-electron chi connectivity index (χ1n) is 9.48. The summed E-state index contributed by atoms with van der Waals surface area (Å²) >= 11 is 0. The molecule has 0 spiro atoms. The summed E-state index contributed by atoms with van der Waals surface area (Å²) < 4.78 is 32.4. The molecule has 0 radical (unpaired) electrons. The molecule has 152 valence electrons. The van der Waals surface area contributed by atoms with Crippen LogP contribution >= 0.6 is 0 Å². The Bertz CT molecular complexity index is 911. The van der Waals surface area contributed by atoms with Crippen LogP contribution in [0.25, 0.3) is 0 Å². The molecule has 1 aromatic heterocycles. The Labute approximate surface area is 167 Å². The molecule has 2 aliphatic heterocycles. The zero-order valence-electron chi connectivity index (χ0n) is 16.0. The van der Waals surface area contributed by atoms with E-state index in [9.17, 15) is 13.6 Å². The average Bonchev–Trinajstić information content (AvgIpc) is 3.23. The Balaban J connectivity index is 1.43. The molecule has 29 heavy (non-hydrogen) atoms. The van der Waals surface area contributed by atoms with Gasteiger partial charge in [0.1, 0.15) is 11.6 Å². The summed E-state index contributed by atoms with van der Waals surface area (Å²) in [5.41, 5.74) is 0.413. The van der Waals surface area contributed by atoms with Crippen molar-refractivity contribution in [3.63, 3.8) is 0 Å². The lowest BCUT2D eigenvalue weighted by molar-refractivity contribution is -0.138. The van der Waals surface area contributed by atoms with Gasteiger partial charge in [0.05, 0.1) is 13.2 Å². The van der Waals surface area contributed by atoms with Crippen LogP contribution in [-0.2, 0) is 4.79 Å². The number of benzene rings is 1. The lowest BCUT2D eigenvalue weighted by Crippen LogP contribution is -2.41. The van der Waals surface area contributed by atoms with E-state index in [0.717, 1.165) is 6.07 Å². The van der Waals surface area contributed by atoms with Gasteiger partial charge in [0, 0.05) is 50.0 Å². The van der Waals surface area contributed by atoms with Crippen LogP contribution in [0.3, 0.4) is 0 Å². The third kappa shape index (κ3) is 4.03. The molecule has 1 fully saturated rings. The topological polar surface area (TPSA) is 70.9 Å². The Hall–Kier alpha value is -3.10. The number of nitrogens with zero attached hydrogens (tertiary/aromatic N) is 5. The predicted octanol–water partition coefficient (Wildman–Crippen LogP) is 2.94. The minimum absolute atomic E-state index is 0.125. The second kappa shape index (κ2) is 8.10. The van der Waals surface area contributed by atoms with Crippen molar-refractivity contribution in [2.75, 3.05) is 25.1 Å². The number of ether oxygens (including phenoxy) is 1. The van der Waals surface area contributed by atoms with E-state index in [2.05, 4.69) is 15.1 Å². The van der Waals surface area contributed by atoms with E-state index in [4.69, 9.17) is 4.74 Å². The van der Waals surface area contributed by atoms with Crippen molar-refractivity contribution in [3.05, 3.63) is 47.7 Å². The number of methoxy groups -OCH3 is 1. The van der Waals surface area contributed by atoms with Crippen molar-refractivity contribution in [2.45, 2.75) is 25.3 Å². The normalized spacial score (nSPS) is 19.6. The summed E-state index contributed by atoms with van der Waals surface area (Å²) in [6, 6.07) is 4.53. The van der Waals surface area contributed by atoms with Crippen LogP contribution in [0.1, 0.15) is 30.9 Å². The molecule has 2 aliphatic rings. The quantitative estimate of drug-likeness (QED) is 0.788. The molecule has 0 aliphatic carbocycles. The first-order valence-corrected chi connectivity index (χ1v) is 9.48. The number of carbonyl (C=O) groups excluding carboxylic acids is 1. The second-order valence-electron chi connectivity index (χ2n) is 7.10. The third-order valence-electron chi connectivity index (χ3n) is 5.28. The average molecular weight is 401 g/mol.